The molecule has 0 amide bonds. The third-order valence-electron chi connectivity index (χ3n) is 3.21. The van der Waals surface area contributed by atoms with E-state index in [1.807, 2.05) is 0 Å². The lowest BCUT2D eigenvalue weighted by molar-refractivity contribution is -0.0499. The van der Waals surface area contributed by atoms with Gasteiger partial charge >= 0.3 is 21.6 Å². The van der Waals surface area contributed by atoms with E-state index in [4.69, 9.17) is 9.47 Å². The van der Waals surface area contributed by atoms with E-state index in [1.54, 1.807) is 0 Å². The molecule has 3 rings (SSSR count). The van der Waals surface area contributed by atoms with E-state index in [0.717, 1.165) is 10.7 Å². The number of rotatable bonds is 5. The molecule has 0 aromatic carbocycles. The fourth-order valence-corrected chi connectivity index (χ4v) is 2.49. The van der Waals surface area contributed by atoms with Gasteiger partial charge in [-0.15, -0.1) is 9.73 Å². The number of methoxy groups -OCH3 is 2. The van der Waals surface area contributed by atoms with Crippen LogP contribution >= 0.6 is 0 Å². The zero-order valence-electron chi connectivity index (χ0n) is 13.6. The van der Waals surface area contributed by atoms with E-state index in [2.05, 4.69) is 24.3 Å². The Bertz CT molecular complexity index is 1100. The van der Waals surface area contributed by atoms with Gasteiger partial charge in [-0.05, 0) is 6.07 Å². The van der Waals surface area contributed by atoms with Crippen LogP contribution < -0.4 is 13.7 Å². The third-order valence-corrected chi connectivity index (χ3v) is 4.18. The van der Waals surface area contributed by atoms with Crippen molar-refractivity contribution in [2.75, 3.05) is 14.2 Å². The van der Waals surface area contributed by atoms with Crippen molar-refractivity contribution in [3.05, 3.63) is 24.5 Å². The maximum Gasteiger partial charge on any atom is 0.534 e. The number of ether oxygens (including phenoxy) is 2. The van der Waals surface area contributed by atoms with Crippen molar-refractivity contribution < 1.29 is 35.2 Å². The molecule has 10 nitrogen and oxygen atoms in total. The second-order valence-electron chi connectivity index (χ2n) is 4.86. The number of alkyl halides is 3. The highest BCUT2D eigenvalue weighted by Gasteiger charge is 2.49. The summed E-state index contributed by atoms with van der Waals surface area (Å²) in [6.45, 7) is 0. The molecule has 0 unspecified atom stereocenters. The van der Waals surface area contributed by atoms with Crippen molar-refractivity contribution in [1.82, 2.24) is 24.8 Å². The largest absolute Gasteiger partial charge is 0.534 e. The van der Waals surface area contributed by atoms with Gasteiger partial charge in [0.25, 0.3) is 0 Å². The van der Waals surface area contributed by atoms with Crippen LogP contribution in [0.25, 0.3) is 16.8 Å². The molecule has 0 aliphatic carbocycles. The molecule has 3 heterocycles. The summed E-state index contributed by atoms with van der Waals surface area (Å²) in [6.07, 6.45) is 2.45. The summed E-state index contributed by atoms with van der Waals surface area (Å²) in [5.41, 5.74) is -5.60. The average molecular weight is 405 g/mol. The molecule has 0 spiro atoms. The van der Waals surface area contributed by atoms with E-state index in [1.165, 1.54) is 32.7 Å². The van der Waals surface area contributed by atoms with Crippen LogP contribution in [0.5, 0.6) is 17.6 Å². The van der Waals surface area contributed by atoms with Crippen LogP contribution in [-0.4, -0.2) is 52.9 Å². The summed E-state index contributed by atoms with van der Waals surface area (Å²) in [5, 5.41) is 7.86. The zero-order chi connectivity index (χ0) is 19.8. The minimum atomic E-state index is -5.90. The number of hydrogen-bond acceptors (Lipinski definition) is 9. The number of aromatic nitrogens is 5. The SMILES string of the molecule is COc1ncc(-c2cc(OS(=O)(=O)C(F)(F)F)c3ccnn3n2)c(OC)n1. The van der Waals surface area contributed by atoms with E-state index < -0.39 is 21.4 Å². The lowest BCUT2D eigenvalue weighted by atomic mass is 10.2. The summed E-state index contributed by atoms with van der Waals surface area (Å²) in [4.78, 5) is 7.80. The van der Waals surface area contributed by atoms with Gasteiger partial charge in [0, 0.05) is 12.3 Å². The predicted octanol–water partition coefficient (Wildman–Crippen LogP) is 1.43. The second kappa shape index (κ2) is 6.53. The molecule has 144 valence electrons. The minimum absolute atomic E-state index is 0.00881. The van der Waals surface area contributed by atoms with Gasteiger partial charge in [0.1, 0.15) is 11.2 Å². The van der Waals surface area contributed by atoms with E-state index in [9.17, 15) is 21.6 Å². The average Bonchev–Trinajstić information content (AvgIpc) is 3.08. The van der Waals surface area contributed by atoms with Crippen LogP contribution in [0.1, 0.15) is 0 Å². The maximum atomic E-state index is 12.7. The van der Waals surface area contributed by atoms with Crippen LogP contribution in [0.15, 0.2) is 24.5 Å². The Kier molecular flexibility index (Phi) is 4.51. The van der Waals surface area contributed by atoms with Crippen molar-refractivity contribution in [3.8, 4) is 28.9 Å². The quantitative estimate of drug-likeness (QED) is 0.459. The molecule has 27 heavy (non-hydrogen) atoms. The number of fused-ring (bicyclic) bond motifs is 1. The van der Waals surface area contributed by atoms with Gasteiger partial charge in [-0.25, -0.2) is 4.98 Å². The molecule has 0 saturated carbocycles. The Balaban J connectivity index is 2.17. The first-order valence-corrected chi connectivity index (χ1v) is 8.38. The first-order valence-electron chi connectivity index (χ1n) is 6.97. The van der Waals surface area contributed by atoms with E-state index in [0.29, 0.717) is 0 Å². The number of halogens is 3. The monoisotopic (exact) mass is 405 g/mol. The van der Waals surface area contributed by atoms with Crippen LogP contribution in [0, 0.1) is 0 Å². The first kappa shape index (κ1) is 18.6. The summed E-state index contributed by atoms with van der Waals surface area (Å²) >= 11 is 0. The lowest BCUT2D eigenvalue weighted by Gasteiger charge is -2.12. The Morgan fingerprint density at radius 1 is 1.19 bits per heavy atom. The Morgan fingerprint density at radius 2 is 1.93 bits per heavy atom. The predicted molar refractivity (Wildman–Crippen MR) is 82.7 cm³/mol. The second-order valence-corrected chi connectivity index (χ2v) is 6.40. The van der Waals surface area contributed by atoms with Gasteiger partial charge in [0.05, 0.1) is 26.0 Å². The zero-order valence-corrected chi connectivity index (χ0v) is 14.4. The van der Waals surface area contributed by atoms with Crippen LogP contribution in [0.3, 0.4) is 0 Å². The Labute approximate surface area is 149 Å². The van der Waals surface area contributed by atoms with Crippen LogP contribution in [0.4, 0.5) is 13.2 Å². The van der Waals surface area contributed by atoms with Gasteiger partial charge in [-0.1, -0.05) is 0 Å². The Morgan fingerprint density at radius 3 is 2.56 bits per heavy atom. The van der Waals surface area contributed by atoms with Gasteiger partial charge in [0.2, 0.25) is 5.88 Å². The summed E-state index contributed by atoms with van der Waals surface area (Å²) in [6, 6.07) is 2.19. The molecule has 0 bridgehead atoms. The Hall–Kier alpha value is -3.16. The molecule has 0 atom stereocenters. The van der Waals surface area contributed by atoms with Crippen molar-refractivity contribution in [2.45, 2.75) is 5.51 Å². The van der Waals surface area contributed by atoms with Gasteiger partial charge < -0.3 is 13.7 Å². The molecule has 3 aromatic heterocycles. The van der Waals surface area contributed by atoms with Crippen molar-refractivity contribution in [1.29, 1.82) is 0 Å². The molecule has 14 heteroatoms. The summed E-state index contributed by atoms with van der Waals surface area (Å²) in [7, 11) is -3.27. The summed E-state index contributed by atoms with van der Waals surface area (Å²) in [5.74, 6) is -0.641. The van der Waals surface area contributed by atoms with Gasteiger partial charge in [-0.2, -0.15) is 31.7 Å². The fraction of sp³-hybridized carbons (Fsp3) is 0.231. The maximum absolute atomic E-state index is 12.7. The van der Waals surface area contributed by atoms with E-state index >= 15 is 0 Å². The fourth-order valence-electron chi connectivity index (χ4n) is 2.03. The first-order chi connectivity index (χ1) is 12.7. The van der Waals surface area contributed by atoms with Gasteiger partial charge in [0.15, 0.2) is 5.75 Å². The topological polar surface area (TPSA) is 118 Å². The highest BCUT2D eigenvalue weighted by molar-refractivity contribution is 7.88. The lowest BCUT2D eigenvalue weighted by Crippen LogP contribution is -2.28. The highest BCUT2D eigenvalue weighted by atomic mass is 32.2. The molecule has 3 aromatic rings. The number of nitrogens with zero attached hydrogens (tertiary/aromatic N) is 5. The third kappa shape index (κ3) is 3.42. The van der Waals surface area contributed by atoms with Crippen LogP contribution in [0.2, 0.25) is 0 Å². The molecule has 0 fully saturated rings. The van der Waals surface area contributed by atoms with E-state index in [-0.39, 0.29) is 28.7 Å². The highest BCUT2D eigenvalue weighted by Crippen LogP contribution is 2.34. The smallest absolute Gasteiger partial charge is 0.480 e. The summed E-state index contributed by atoms with van der Waals surface area (Å²) < 4.78 is 75.9. The molecule has 0 aliphatic rings. The van der Waals surface area contributed by atoms with Crippen LogP contribution in [-0.2, 0) is 10.1 Å². The van der Waals surface area contributed by atoms with Crippen molar-refractivity contribution in [3.63, 3.8) is 0 Å². The number of hydrogen-bond donors (Lipinski definition) is 0. The molecule has 0 radical (unpaired) electrons. The normalized spacial score (nSPS) is 12.2. The minimum Gasteiger partial charge on any atom is -0.480 e. The molecular weight excluding hydrogens is 395 g/mol. The molecule has 0 saturated heterocycles. The van der Waals surface area contributed by atoms with Crippen molar-refractivity contribution >= 4 is 15.6 Å². The van der Waals surface area contributed by atoms with Crippen molar-refractivity contribution in [2.24, 2.45) is 0 Å². The molecule has 0 N–H and O–H groups in total. The standard InChI is InChI=1S/C13H10F3N5O5S/c1-24-11-7(6-17-12(19-11)25-2)8-5-10(9-3-4-18-21(9)20-8)26-27(22,23)13(14,15)16/h3-6H,1-2H3. The molecular formula is C13H10F3N5O5S. The molecule has 0 aliphatic heterocycles. The van der Waals surface area contributed by atoms with Gasteiger partial charge in [-0.3, -0.25) is 0 Å².